The van der Waals surface area contributed by atoms with Crippen LogP contribution in [0.1, 0.15) is 13.8 Å². The molecule has 1 aromatic rings. The molecule has 0 bridgehead atoms. The first-order valence-corrected chi connectivity index (χ1v) is 6.97. The average Bonchev–Trinajstić information content (AvgIpc) is 2.32. The molecule has 1 atom stereocenters. The normalized spacial score (nSPS) is 13.7. The summed E-state index contributed by atoms with van der Waals surface area (Å²) in [5, 5.41) is 4.10. The Morgan fingerprint density at radius 3 is 2.59 bits per heavy atom. The molecule has 0 saturated carbocycles. The molecule has 2 nitrogen and oxygen atoms in total. The van der Waals surface area contributed by atoms with Crippen molar-refractivity contribution < 1.29 is 4.74 Å². The van der Waals surface area contributed by atoms with Crippen LogP contribution in [0.25, 0.3) is 0 Å². The molecule has 0 aromatic heterocycles. The second-order valence-corrected chi connectivity index (χ2v) is 5.86. The lowest BCUT2D eigenvalue weighted by Gasteiger charge is -2.32. The summed E-state index contributed by atoms with van der Waals surface area (Å²) >= 11 is 7.87. The van der Waals surface area contributed by atoms with Gasteiger partial charge in [-0.1, -0.05) is 23.7 Å². The van der Waals surface area contributed by atoms with Crippen molar-refractivity contribution in [1.29, 1.82) is 0 Å². The van der Waals surface area contributed by atoms with Gasteiger partial charge in [-0.2, -0.15) is 0 Å². The Labute approximate surface area is 113 Å². The molecule has 0 fully saturated rings. The van der Waals surface area contributed by atoms with Crippen molar-refractivity contribution in [1.82, 2.24) is 5.32 Å². The van der Waals surface area contributed by atoms with Gasteiger partial charge in [0.15, 0.2) is 0 Å². The molecule has 0 heterocycles. The fourth-order valence-corrected chi connectivity index (χ4v) is 3.10. The zero-order chi connectivity index (χ0) is 12.9. The number of ether oxygens (including phenoxy) is 1. The number of hydrogen-bond acceptors (Lipinski definition) is 3. The van der Waals surface area contributed by atoms with Crippen LogP contribution in [0.3, 0.4) is 0 Å². The van der Waals surface area contributed by atoms with Gasteiger partial charge in [0.2, 0.25) is 0 Å². The van der Waals surface area contributed by atoms with E-state index in [1.807, 2.05) is 31.3 Å². The zero-order valence-electron chi connectivity index (χ0n) is 10.8. The van der Waals surface area contributed by atoms with Crippen LogP contribution in [0.15, 0.2) is 29.2 Å². The van der Waals surface area contributed by atoms with Crippen molar-refractivity contribution in [3.8, 4) is 0 Å². The Morgan fingerprint density at radius 1 is 1.41 bits per heavy atom. The lowest BCUT2D eigenvalue weighted by molar-refractivity contribution is -0.00155. The highest BCUT2D eigenvalue weighted by Gasteiger charge is 2.27. The van der Waals surface area contributed by atoms with Crippen molar-refractivity contribution in [2.75, 3.05) is 19.9 Å². The third-order valence-corrected chi connectivity index (χ3v) is 4.56. The topological polar surface area (TPSA) is 21.3 Å². The standard InChI is InChI=1S/C13H20ClNOS/c1-13(2,16-4)12(15-3)9-17-11-8-6-5-7-10(11)14/h5-8,12,15H,9H2,1-4H3. The molecule has 1 aromatic carbocycles. The van der Waals surface area contributed by atoms with Crippen LogP contribution in [0.2, 0.25) is 5.02 Å². The first kappa shape index (κ1) is 14.8. The van der Waals surface area contributed by atoms with Gasteiger partial charge in [0.25, 0.3) is 0 Å². The van der Waals surface area contributed by atoms with E-state index in [9.17, 15) is 0 Å². The maximum absolute atomic E-state index is 6.13. The van der Waals surface area contributed by atoms with E-state index in [1.54, 1.807) is 18.9 Å². The van der Waals surface area contributed by atoms with Crippen LogP contribution in [0.4, 0.5) is 0 Å². The van der Waals surface area contributed by atoms with Gasteiger partial charge < -0.3 is 10.1 Å². The SMILES string of the molecule is CNC(CSc1ccccc1Cl)C(C)(C)OC. The van der Waals surface area contributed by atoms with Crippen molar-refractivity contribution in [2.45, 2.75) is 30.4 Å². The van der Waals surface area contributed by atoms with E-state index < -0.39 is 0 Å². The number of rotatable bonds is 6. The average molecular weight is 274 g/mol. The van der Waals surface area contributed by atoms with E-state index in [-0.39, 0.29) is 11.6 Å². The summed E-state index contributed by atoms with van der Waals surface area (Å²) in [6.45, 7) is 4.17. The van der Waals surface area contributed by atoms with E-state index in [0.717, 1.165) is 15.7 Å². The monoisotopic (exact) mass is 273 g/mol. The number of likely N-dealkylation sites (N-methyl/N-ethyl adjacent to an activating group) is 1. The molecule has 0 aliphatic rings. The molecule has 0 saturated heterocycles. The molecule has 1 rings (SSSR count). The van der Waals surface area contributed by atoms with Gasteiger partial charge in [-0.25, -0.2) is 0 Å². The quantitative estimate of drug-likeness (QED) is 0.803. The molecule has 0 radical (unpaired) electrons. The maximum Gasteiger partial charge on any atom is 0.0783 e. The molecule has 1 unspecified atom stereocenters. The summed E-state index contributed by atoms with van der Waals surface area (Å²) in [5.74, 6) is 0.918. The van der Waals surface area contributed by atoms with E-state index in [1.165, 1.54) is 0 Å². The lowest BCUT2D eigenvalue weighted by Crippen LogP contribution is -2.48. The Kier molecular flexibility index (Phi) is 5.80. The van der Waals surface area contributed by atoms with Crippen molar-refractivity contribution in [2.24, 2.45) is 0 Å². The first-order chi connectivity index (χ1) is 8.01. The minimum absolute atomic E-state index is 0.191. The maximum atomic E-state index is 6.13. The Bertz CT molecular complexity index is 357. The predicted octanol–water partition coefficient (Wildman–Crippen LogP) is 3.45. The molecule has 0 amide bonds. The van der Waals surface area contributed by atoms with Crippen LogP contribution < -0.4 is 5.32 Å². The van der Waals surface area contributed by atoms with Crippen LogP contribution >= 0.6 is 23.4 Å². The number of benzene rings is 1. The Hall–Kier alpha value is -0.220. The predicted molar refractivity (Wildman–Crippen MR) is 76.1 cm³/mol. The molecule has 17 heavy (non-hydrogen) atoms. The summed E-state index contributed by atoms with van der Waals surface area (Å²) in [5.41, 5.74) is -0.191. The molecular weight excluding hydrogens is 254 g/mol. The summed E-state index contributed by atoms with van der Waals surface area (Å²) < 4.78 is 5.50. The molecule has 0 aliphatic carbocycles. The number of nitrogens with one attached hydrogen (secondary N) is 1. The third-order valence-electron chi connectivity index (χ3n) is 2.96. The number of methoxy groups -OCH3 is 1. The molecule has 0 aliphatic heterocycles. The molecular formula is C13H20ClNOS. The van der Waals surface area contributed by atoms with E-state index in [0.29, 0.717) is 0 Å². The Balaban J connectivity index is 2.63. The minimum atomic E-state index is -0.191. The molecule has 0 spiro atoms. The highest BCUT2D eigenvalue weighted by Crippen LogP contribution is 2.29. The summed E-state index contributed by atoms with van der Waals surface area (Å²) in [6.07, 6.45) is 0. The van der Waals surface area contributed by atoms with Crippen LogP contribution in [0, 0.1) is 0 Å². The first-order valence-electron chi connectivity index (χ1n) is 5.61. The second kappa shape index (κ2) is 6.64. The zero-order valence-corrected chi connectivity index (χ0v) is 12.4. The van der Waals surface area contributed by atoms with Crippen LogP contribution in [0.5, 0.6) is 0 Å². The van der Waals surface area contributed by atoms with Crippen LogP contribution in [-0.2, 0) is 4.74 Å². The minimum Gasteiger partial charge on any atom is -0.377 e. The Morgan fingerprint density at radius 2 is 2.06 bits per heavy atom. The van der Waals surface area contributed by atoms with Crippen molar-refractivity contribution in [3.05, 3.63) is 29.3 Å². The lowest BCUT2D eigenvalue weighted by atomic mass is 10.0. The smallest absolute Gasteiger partial charge is 0.0783 e. The van der Waals surface area contributed by atoms with Gasteiger partial charge in [0, 0.05) is 23.8 Å². The number of hydrogen-bond donors (Lipinski definition) is 1. The second-order valence-electron chi connectivity index (χ2n) is 4.39. The van der Waals surface area contributed by atoms with Gasteiger partial charge >= 0.3 is 0 Å². The van der Waals surface area contributed by atoms with E-state index in [4.69, 9.17) is 16.3 Å². The van der Waals surface area contributed by atoms with Gasteiger partial charge in [0.05, 0.1) is 10.6 Å². The van der Waals surface area contributed by atoms with E-state index >= 15 is 0 Å². The molecule has 96 valence electrons. The van der Waals surface area contributed by atoms with Gasteiger partial charge in [0.1, 0.15) is 0 Å². The number of thioether (sulfide) groups is 1. The van der Waals surface area contributed by atoms with Crippen LogP contribution in [-0.4, -0.2) is 31.6 Å². The van der Waals surface area contributed by atoms with Gasteiger partial charge in [-0.05, 0) is 33.0 Å². The highest BCUT2D eigenvalue weighted by molar-refractivity contribution is 7.99. The van der Waals surface area contributed by atoms with E-state index in [2.05, 4.69) is 19.2 Å². The highest BCUT2D eigenvalue weighted by atomic mass is 35.5. The molecule has 1 N–H and O–H groups in total. The molecule has 4 heteroatoms. The fourth-order valence-electron chi connectivity index (χ4n) is 1.51. The fraction of sp³-hybridized carbons (Fsp3) is 0.538. The summed E-state index contributed by atoms with van der Waals surface area (Å²) in [7, 11) is 3.70. The summed E-state index contributed by atoms with van der Waals surface area (Å²) in [6, 6.07) is 8.18. The van der Waals surface area contributed by atoms with Gasteiger partial charge in [-0.3, -0.25) is 0 Å². The van der Waals surface area contributed by atoms with Crippen molar-refractivity contribution in [3.63, 3.8) is 0 Å². The van der Waals surface area contributed by atoms with Gasteiger partial charge in [-0.15, -0.1) is 11.8 Å². The largest absolute Gasteiger partial charge is 0.377 e. The number of halogens is 1. The third kappa shape index (κ3) is 4.18. The summed E-state index contributed by atoms with van der Waals surface area (Å²) in [4.78, 5) is 1.11. The van der Waals surface area contributed by atoms with Crippen molar-refractivity contribution >= 4 is 23.4 Å².